The second-order valence-corrected chi connectivity index (χ2v) is 5.83. The van der Waals surface area contributed by atoms with Crippen LogP contribution in [0.15, 0.2) is 18.2 Å². The molecule has 1 saturated carbocycles. The van der Waals surface area contributed by atoms with Crippen LogP contribution in [0.3, 0.4) is 0 Å². The van der Waals surface area contributed by atoms with Crippen molar-refractivity contribution in [3.63, 3.8) is 0 Å². The molecule has 1 N–H and O–H groups in total. The van der Waals surface area contributed by atoms with Crippen LogP contribution in [0.5, 0.6) is 5.75 Å². The molecule has 3 heteroatoms. The molecule has 0 unspecified atom stereocenters. The maximum atomic E-state index is 6.25. The van der Waals surface area contributed by atoms with E-state index < -0.39 is 0 Å². The molecular formula is C16H24ClNO. The first-order valence-electron chi connectivity index (χ1n) is 7.29. The standard InChI is InChI=1S/C16H24ClNO/c1-3-12-7-9-13(10-8-12)18-11-14-15(17)5-4-6-16(14)19-2/h4-6,12-13,18H,3,7-11H2,1-2H3. The second kappa shape index (κ2) is 7.16. The van der Waals surface area contributed by atoms with E-state index in [0.717, 1.165) is 28.8 Å². The Kier molecular flexibility index (Phi) is 5.53. The van der Waals surface area contributed by atoms with Crippen molar-refractivity contribution in [2.45, 2.75) is 51.6 Å². The predicted octanol–water partition coefficient (Wildman–Crippen LogP) is 4.41. The van der Waals surface area contributed by atoms with Gasteiger partial charge in [0.05, 0.1) is 7.11 Å². The molecule has 1 aromatic rings. The van der Waals surface area contributed by atoms with Crippen LogP contribution in [-0.4, -0.2) is 13.2 Å². The Balaban J connectivity index is 1.89. The quantitative estimate of drug-likeness (QED) is 0.863. The lowest BCUT2D eigenvalue weighted by molar-refractivity contribution is 0.284. The van der Waals surface area contributed by atoms with Gasteiger partial charge in [-0.05, 0) is 43.7 Å². The summed E-state index contributed by atoms with van der Waals surface area (Å²) < 4.78 is 5.38. The summed E-state index contributed by atoms with van der Waals surface area (Å²) in [6, 6.07) is 6.45. The minimum atomic E-state index is 0.628. The van der Waals surface area contributed by atoms with E-state index in [2.05, 4.69) is 12.2 Å². The molecule has 0 amide bonds. The molecule has 2 rings (SSSR count). The largest absolute Gasteiger partial charge is 0.496 e. The fraction of sp³-hybridized carbons (Fsp3) is 0.625. The van der Waals surface area contributed by atoms with E-state index in [1.54, 1.807) is 7.11 Å². The Morgan fingerprint density at radius 1 is 1.26 bits per heavy atom. The number of nitrogens with one attached hydrogen (secondary N) is 1. The summed E-state index contributed by atoms with van der Waals surface area (Å²) in [5.74, 6) is 1.81. The summed E-state index contributed by atoms with van der Waals surface area (Å²) in [5, 5.41) is 4.42. The van der Waals surface area contributed by atoms with Crippen LogP contribution in [-0.2, 0) is 6.54 Å². The van der Waals surface area contributed by atoms with E-state index in [1.807, 2.05) is 18.2 Å². The average Bonchev–Trinajstić information content (AvgIpc) is 2.46. The van der Waals surface area contributed by atoms with Gasteiger partial charge in [-0.2, -0.15) is 0 Å². The van der Waals surface area contributed by atoms with Crippen molar-refractivity contribution in [3.05, 3.63) is 28.8 Å². The van der Waals surface area contributed by atoms with Crippen molar-refractivity contribution < 1.29 is 4.74 Å². The molecule has 0 aromatic heterocycles. The van der Waals surface area contributed by atoms with E-state index in [0.29, 0.717) is 6.04 Å². The summed E-state index contributed by atoms with van der Waals surface area (Å²) in [5.41, 5.74) is 1.07. The molecule has 1 aromatic carbocycles. The zero-order chi connectivity index (χ0) is 13.7. The number of hydrogen-bond acceptors (Lipinski definition) is 2. The van der Waals surface area contributed by atoms with Crippen LogP contribution in [0.1, 0.15) is 44.6 Å². The van der Waals surface area contributed by atoms with Gasteiger partial charge in [-0.15, -0.1) is 0 Å². The minimum Gasteiger partial charge on any atom is -0.496 e. The fourth-order valence-electron chi connectivity index (χ4n) is 2.92. The minimum absolute atomic E-state index is 0.628. The van der Waals surface area contributed by atoms with Crippen LogP contribution in [0, 0.1) is 5.92 Å². The van der Waals surface area contributed by atoms with E-state index >= 15 is 0 Å². The third kappa shape index (κ3) is 3.87. The molecule has 0 radical (unpaired) electrons. The molecule has 19 heavy (non-hydrogen) atoms. The van der Waals surface area contributed by atoms with Gasteiger partial charge in [-0.3, -0.25) is 0 Å². The maximum Gasteiger partial charge on any atom is 0.124 e. The highest BCUT2D eigenvalue weighted by molar-refractivity contribution is 6.31. The van der Waals surface area contributed by atoms with Gasteiger partial charge in [0.1, 0.15) is 5.75 Å². The molecule has 0 atom stereocenters. The first kappa shape index (κ1) is 14.7. The van der Waals surface area contributed by atoms with Gasteiger partial charge < -0.3 is 10.1 Å². The first-order chi connectivity index (χ1) is 9.24. The van der Waals surface area contributed by atoms with Crippen molar-refractivity contribution in [3.8, 4) is 5.75 Å². The normalized spacial score (nSPS) is 23.3. The summed E-state index contributed by atoms with van der Waals surface area (Å²) in [7, 11) is 1.70. The molecule has 0 aliphatic heterocycles. The number of hydrogen-bond donors (Lipinski definition) is 1. The number of methoxy groups -OCH3 is 1. The third-order valence-electron chi connectivity index (χ3n) is 4.29. The van der Waals surface area contributed by atoms with Gasteiger partial charge in [0.2, 0.25) is 0 Å². The number of ether oxygens (including phenoxy) is 1. The topological polar surface area (TPSA) is 21.3 Å². The monoisotopic (exact) mass is 281 g/mol. The highest BCUT2D eigenvalue weighted by atomic mass is 35.5. The van der Waals surface area contributed by atoms with Crippen molar-refractivity contribution in [1.82, 2.24) is 5.32 Å². The lowest BCUT2D eigenvalue weighted by atomic mass is 9.84. The van der Waals surface area contributed by atoms with E-state index in [4.69, 9.17) is 16.3 Å². The number of rotatable bonds is 5. The van der Waals surface area contributed by atoms with E-state index in [9.17, 15) is 0 Å². The van der Waals surface area contributed by atoms with Crippen LogP contribution < -0.4 is 10.1 Å². The number of halogens is 1. The van der Waals surface area contributed by atoms with Gasteiger partial charge in [-0.25, -0.2) is 0 Å². The molecule has 0 heterocycles. The van der Waals surface area contributed by atoms with Crippen molar-refractivity contribution in [2.24, 2.45) is 5.92 Å². The fourth-order valence-corrected chi connectivity index (χ4v) is 3.16. The summed E-state index contributed by atoms with van der Waals surface area (Å²) in [6.07, 6.45) is 6.60. The lowest BCUT2D eigenvalue weighted by Crippen LogP contribution is -2.32. The molecular weight excluding hydrogens is 258 g/mol. The second-order valence-electron chi connectivity index (χ2n) is 5.43. The Morgan fingerprint density at radius 3 is 2.63 bits per heavy atom. The Bertz CT molecular complexity index is 400. The summed E-state index contributed by atoms with van der Waals surface area (Å²) in [4.78, 5) is 0. The number of benzene rings is 1. The van der Waals surface area contributed by atoms with Crippen LogP contribution in [0.25, 0.3) is 0 Å². The van der Waals surface area contributed by atoms with Crippen LogP contribution in [0.2, 0.25) is 5.02 Å². The lowest BCUT2D eigenvalue weighted by Gasteiger charge is -2.28. The molecule has 2 nitrogen and oxygen atoms in total. The molecule has 1 aliphatic carbocycles. The first-order valence-corrected chi connectivity index (χ1v) is 7.67. The summed E-state index contributed by atoms with van der Waals surface area (Å²) in [6.45, 7) is 3.09. The van der Waals surface area contributed by atoms with E-state index in [-0.39, 0.29) is 0 Å². The van der Waals surface area contributed by atoms with Crippen molar-refractivity contribution >= 4 is 11.6 Å². The Labute approximate surface area is 121 Å². The molecule has 106 valence electrons. The highest BCUT2D eigenvalue weighted by Gasteiger charge is 2.20. The molecule has 1 aliphatic rings. The highest BCUT2D eigenvalue weighted by Crippen LogP contribution is 2.29. The molecule has 0 bridgehead atoms. The summed E-state index contributed by atoms with van der Waals surface area (Å²) >= 11 is 6.25. The van der Waals surface area contributed by atoms with Gasteiger partial charge in [0.25, 0.3) is 0 Å². The molecule has 0 saturated heterocycles. The van der Waals surface area contributed by atoms with Crippen molar-refractivity contribution in [2.75, 3.05) is 7.11 Å². The van der Waals surface area contributed by atoms with Gasteiger partial charge >= 0.3 is 0 Å². The van der Waals surface area contributed by atoms with Gasteiger partial charge in [0, 0.05) is 23.2 Å². The average molecular weight is 282 g/mol. The van der Waals surface area contributed by atoms with Crippen LogP contribution >= 0.6 is 11.6 Å². The van der Waals surface area contributed by atoms with Gasteiger partial charge in [0.15, 0.2) is 0 Å². The Hall–Kier alpha value is -0.730. The van der Waals surface area contributed by atoms with Crippen molar-refractivity contribution in [1.29, 1.82) is 0 Å². The van der Waals surface area contributed by atoms with Crippen LogP contribution in [0.4, 0.5) is 0 Å². The zero-order valence-corrected chi connectivity index (χ0v) is 12.7. The SMILES string of the molecule is CCC1CCC(NCc2c(Cl)cccc2OC)CC1. The predicted molar refractivity (Wildman–Crippen MR) is 80.9 cm³/mol. The van der Waals surface area contributed by atoms with Gasteiger partial charge in [-0.1, -0.05) is 31.0 Å². The smallest absolute Gasteiger partial charge is 0.124 e. The maximum absolute atomic E-state index is 6.25. The molecule has 1 fully saturated rings. The Morgan fingerprint density at radius 2 is 2.00 bits per heavy atom. The zero-order valence-electron chi connectivity index (χ0n) is 11.9. The third-order valence-corrected chi connectivity index (χ3v) is 4.64. The van der Waals surface area contributed by atoms with E-state index in [1.165, 1.54) is 32.1 Å². The molecule has 0 spiro atoms.